The first-order chi connectivity index (χ1) is 8.66. The van der Waals surface area contributed by atoms with E-state index in [1.807, 2.05) is 16.8 Å². The van der Waals surface area contributed by atoms with Gasteiger partial charge in [-0.25, -0.2) is 0 Å². The van der Waals surface area contributed by atoms with Crippen molar-refractivity contribution in [3.63, 3.8) is 0 Å². The molecule has 0 aromatic carbocycles. The minimum atomic E-state index is -0.754. The Labute approximate surface area is 110 Å². The summed E-state index contributed by atoms with van der Waals surface area (Å²) in [5.41, 5.74) is 1.02. The number of rotatable bonds is 3. The van der Waals surface area contributed by atoms with E-state index in [2.05, 4.69) is 0 Å². The first kappa shape index (κ1) is 12.8. The van der Waals surface area contributed by atoms with Gasteiger partial charge in [-0.15, -0.1) is 0 Å². The Morgan fingerprint density at radius 3 is 2.67 bits per heavy atom. The predicted molar refractivity (Wildman–Crippen MR) is 70.3 cm³/mol. The molecule has 0 aliphatic carbocycles. The molecule has 2 rings (SSSR count). The normalized spacial score (nSPS) is 17.2. The summed E-state index contributed by atoms with van der Waals surface area (Å²) in [6, 6.07) is 1.95. The Bertz CT molecular complexity index is 445. The zero-order chi connectivity index (χ0) is 13.0. The first-order valence-corrected chi connectivity index (χ1v) is 6.83. The standard InChI is InChI=1S/C13H15NO3S/c15-12(2-1-10-5-8-18-9-10)14-6-3-11(4-7-14)13(16)17/h1-2,5,8-9,11H,3-4,6-7H2,(H,16,17)/b2-1+. The van der Waals surface area contributed by atoms with Gasteiger partial charge in [0.1, 0.15) is 0 Å². The van der Waals surface area contributed by atoms with E-state index in [0.29, 0.717) is 25.9 Å². The molecule has 1 aliphatic heterocycles. The van der Waals surface area contributed by atoms with Crippen molar-refractivity contribution in [2.45, 2.75) is 12.8 Å². The smallest absolute Gasteiger partial charge is 0.306 e. The van der Waals surface area contributed by atoms with Crippen LogP contribution in [0.25, 0.3) is 6.08 Å². The summed E-state index contributed by atoms with van der Waals surface area (Å²) < 4.78 is 0. The van der Waals surface area contributed by atoms with E-state index in [1.54, 1.807) is 28.4 Å². The van der Waals surface area contributed by atoms with Crippen molar-refractivity contribution in [2.24, 2.45) is 5.92 Å². The fraction of sp³-hybridized carbons (Fsp3) is 0.385. The lowest BCUT2D eigenvalue weighted by molar-refractivity contribution is -0.144. The van der Waals surface area contributed by atoms with Gasteiger partial charge in [0.2, 0.25) is 5.91 Å². The number of thiophene rings is 1. The van der Waals surface area contributed by atoms with Crippen molar-refractivity contribution >= 4 is 29.3 Å². The minimum Gasteiger partial charge on any atom is -0.481 e. The maximum absolute atomic E-state index is 11.9. The number of piperidine rings is 1. The number of carboxylic acids is 1. The third-order valence-electron chi connectivity index (χ3n) is 3.12. The summed E-state index contributed by atoms with van der Waals surface area (Å²) in [7, 11) is 0. The van der Waals surface area contributed by atoms with E-state index in [4.69, 9.17) is 5.11 Å². The highest BCUT2D eigenvalue weighted by molar-refractivity contribution is 7.08. The highest BCUT2D eigenvalue weighted by Gasteiger charge is 2.25. The van der Waals surface area contributed by atoms with E-state index in [-0.39, 0.29) is 11.8 Å². The molecule has 1 saturated heterocycles. The van der Waals surface area contributed by atoms with Crippen LogP contribution in [0.2, 0.25) is 0 Å². The van der Waals surface area contributed by atoms with Crippen molar-refractivity contribution in [3.05, 3.63) is 28.5 Å². The van der Waals surface area contributed by atoms with Crippen LogP contribution in [0.1, 0.15) is 18.4 Å². The molecule has 0 unspecified atom stereocenters. The molecule has 0 radical (unpaired) electrons. The molecular formula is C13H15NO3S. The van der Waals surface area contributed by atoms with Gasteiger partial charge in [-0.05, 0) is 41.3 Å². The molecule has 0 atom stereocenters. The van der Waals surface area contributed by atoms with Crippen LogP contribution in [0.4, 0.5) is 0 Å². The van der Waals surface area contributed by atoms with Crippen LogP contribution in [-0.2, 0) is 9.59 Å². The Kier molecular flexibility index (Phi) is 4.15. The lowest BCUT2D eigenvalue weighted by atomic mass is 9.97. The second-order valence-corrected chi connectivity index (χ2v) is 5.11. The average molecular weight is 265 g/mol. The molecule has 1 N–H and O–H groups in total. The largest absolute Gasteiger partial charge is 0.481 e. The maximum atomic E-state index is 11.9. The van der Waals surface area contributed by atoms with Crippen LogP contribution in [0.5, 0.6) is 0 Å². The summed E-state index contributed by atoms with van der Waals surface area (Å²) in [6.07, 6.45) is 4.45. The molecular weight excluding hydrogens is 250 g/mol. The number of nitrogens with zero attached hydrogens (tertiary/aromatic N) is 1. The first-order valence-electron chi connectivity index (χ1n) is 5.89. The van der Waals surface area contributed by atoms with Gasteiger partial charge in [0, 0.05) is 19.2 Å². The second-order valence-electron chi connectivity index (χ2n) is 4.33. The Balaban J connectivity index is 1.86. The van der Waals surface area contributed by atoms with Crippen LogP contribution in [0, 0.1) is 5.92 Å². The number of hydrogen-bond acceptors (Lipinski definition) is 3. The monoisotopic (exact) mass is 265 g/mol. The molecule has 18 heavy (non-hydrogen) atoms. The zero-order valence-electron chi connectivity index (χ0n) is 9.91. The molecule has 0 saturated carbocycles. The highest BCUT2D eigenvalue weighted by atomic mass is 32.1. The lowest BCUT2D eigenvalue weighted by Gasteiger charge is -2.29. The fourth-order valence-corrected chi connectivity index (χ4v) is 2.62. The summed E-state index contributed by atoms with van der Waals surface area (Å²) in [4.78, 5) is 24.4. The highest BCUT2D eigenvalue weighted by Crippen LogP contribution is 2.17. The summed E-state index contributed by atoms with van der Waals surface area (Å²) in [5, 5.41) is 12.8. The molecule has 1 aromatic heterocycles. The van der Waals surface area contributed by atoms with E-state index in [0.717, 1.165) is 5.56 Å². The Hall–Kier alpha value is -1.62. The van der Waals surface area contributed by atoms with Gasteiger partial charge < -0.3 is 10.0 Å². The Morgan fingerprint density at radius 1 is 1.39 bits per heavy atom. The van der Waals surface area contributed by atoms with Crippen LogP contribution < -0.4 is 0 Å². The van der Waals surface area contributed by atoms with Crippen molar-refractivity contribution < 1.29 is 14.7 Å². The van der Waals surface area contributed by atoms with Crippen LogP contribution in [0.3, 0.4) is 0 Å². The number of carbonyl (C=O) groups is 2. The molecule has 0 spiro atoms. The van der Waals surface area contributed by atoms with Crippen molar-refractivity contribution in [1.29, 1.82) is 0 Å². The fourth-order valence-electron chi connectivity index (χ4n) is 1.99. The molecule has 1 amide bonds. The molecule has 1 aromatic rings. The van der Waals surface area contributed by atoms with Crippen molar-refractivity contribution in [3.8, 4) is 0 Å². The summed E-state index contributed by atoms with van der Waals surface area (Å²) >= 11 is 1.59. The molecule has 2 heterocycles. The third kappa shape index (κ3) is 3.20. The van der Waals surface area contributed by atoms with Crippen LogP contribution in [0.15, 0.2) is 22.9 Å². The third-order valence-corrected chi connectivity index (χ3v) is 3.82. The number of carboxylic acid groups (broad SMARTS) is 1. The van der Waals surface area contributed by atoms with Gasteiger partial charge >= 0.3 is 5.97 Å². The molecule has 4 nitrogen and oxygen atoms in total. The SMILES string of the molecule is O=C(O)C1CCN(C(=O)/C=C/c2ccsc2)CC1. The van der Waals surface area contributed by atoms with Gasteiger partial charge in [-0.3, -0.25) is 9.59 Å². The molecule has 1 fully saturated rings. The zero-order valence-corrected chi connectivity index (χ0v) is 10.7. The molecule has 96 valence electrons. The van der Waals surface area contributed by atoms with Crippen molar-refractivity contribution in [2.75, 3.05) is 13.1 Å². The van der Waals surface area contributed by atoms with Gasteiger partial charge in [0.05, 0.1) is 5.92 Å². The quantitative estimate of drug-likeness (QED) is 0.851. The number of hydrogen-bond donors (Lipinski definition) is 1. The van der Waals surface area contributed by atoms with E-state index < -0.39 is 5.97 Å². The van der Waals surface area contributed by atoms with E-state index in [9.17, 15) is 9.59 Å². The van der Waals surface area contributed by atoms with Crippen molar-refractivity contribution in [1.82, 2.24) is 4.90 Å². The van der Waals surface area contributed by atoms with Crippen LogP contribution >= 0.6 is 11.3 Å². The summed E-state index contributed by atoms with van der Waals surface area (Å²) in [6.45, 7) is 1.06. The summed E-state index contributed by atoms with van der Waals surface area (Å²) in [5.74, 6) is -1.09. The van der Waals surface area contributed by atoms with E-state index in [1.165, 1.54) is 0 Å². The topological polar surface area (TPSA) is 57.6 Å². The number of likely N-dealkylation sites (tertiary alicyclic amines) is 1. The van der Waals surface area contributed by atoms with Gasteiger partial charge in [0.15, 0.2) is 0 Å². The molecule has 5 heteroatoms. The van der Waals surface area contributed by atoms with Gasteiger partial charge in [-0.1, -0.05) is 0 Å². The second kappa shape index (κ2) is 5.82. The molecule has 1 aliphatic rings. The lowest BCUT2D eigenvalue weighted by Crippen LogP contribution is -2.39. The van der Waals surface area contributed by atoms with Gasteiger partial charge in [0.25, 0.3) is 0 Å². The number of amides is 1. The minimum absolute atomic E-state index is 0.0370. The average Bonchev–Trinajstić information content (AvgIpc) is 2.89. The number of aliphatic carboxylic acids is 1. The van der Waals surface area contributed by atoms with Crippen LogP contribution in [-0.4, -0.2) is 35.0 Å². The number of carbonyl (C=O) groups excluding carboxylic acids is 1. The van der Waals surface area contributed by atoms with Gasteiger partial charge in [-0.2, -0.15) is 11.3 Å². The molecule has 0 bridgehead atoms. The maximum Gasteiger partial charge on any atom is 0.306 e. The van der Waals surface area contributed by atoms with E-state index >= 15 is 0 Å². The predicted octanol–water partition coefficient (Wildman–Crippen LogP) is 2.08. The Morgan fingerprint density at radius 2 is 2.11 bits per heavy atom.